The third-order valence-corrected chi connectivity index (χ3v) is 5.10. The van der Waals surface area contributed by atoms with Crippen molar-refractivity contribution in [2.24, 2.45) is 5.10 Å². The van der Waals surface area contributed by atoms with Gasteiger partial charge in [0.25, 0.3) is 5.91 Å². The van der Waals surface area contributed by atoms with Gasteiger partial charge in [0.15, 0.2) is 6.61 Å². The van der Waals surface area contributed by atoms with Gasteiger partial charge in [0, 0.05) is 11.3 Å². The number of nitrogens with one attached hydrogen (secondary N) is 3. The van der Waals surface area contributed by atoms with Gasteiger partial charge in [-0.05, 0) is 61.4 Å². The predicted molar refractivity (Wildman–Crippen MR) is 132 cm³/mol. The quantitative estimate of drug-likeness (QED) is 0.270. The Labute approximate surface area is 202 Å². The van der Waals surface area contributed by atoms with Crippen LogP contribution in [0.3, 0.4) is 0 Å². The second kappa shape index (κ2) is 11.6. The molecule has 3 N–H and O–H groups in total. The molecule has 0 radical (unpaired) electrons. The lowest BCUT2D eigenvalue weighted by atomic mass is 10.1. The highest BCUT2D eigenvalue weighted by Crippen LogP contribution is 2.21. The minimum atomic E-state index is -0.924. The number of hydrazone groups is 1. The Balaban J connectivity index is 1.54. The number of nitrogens with zero attached hydrogens (tertiary/aromatic N) is 1. The maximum absolute atomic E-state index is 12.2. The van der Waals surface area contributed by atoms with Crippen LogP contribution in [-0.4, -0.2) is 30.5 Å². The summed E-state index contributed by atoms with van der Waals surface area (Å²) in [7, 11) is 0. The molecule has 34 heavy (non-hydrogen) atoms. The highest BCUT2D eigenvalue weighted by Gasteiger charge is 2.13. The highest BCUT2D eigenvalue weighted by molar-refractivity contribution is 6.39. The number of carbonyl (C=O) groups excluding carboxylic acids is 3. The molecule has 8 nitrogen and oxygen atoms in total. The topological polar surface area (TPSA) is 109 Å². The van der Waals surface area contributed by atoms with E-state index in [0.717, 1.165) is 11.1 Å². The molecule has 0 aliphatic rings. The van der Waals surface area contributed by atoms with Crippen molar-refractivity contribution in [3.63, 3.8) is 0 Å². The molecule has 0 heterocycles. The zero-order valence-electron chi connectivity index (χ0n) is 18.6. The van der Waals surface area contributed by atoms with Gasteiger partial charge < -0.3 is 15.4 Å². The van der Waals surface area contributed by atoms with Crippen LogP contribution in [0.4, 0.5) is 11.4 Å². The van der Waals surface area contributed by atoms with Crippen molar-refractivity contribution in [1.29, 1.82) is 0 Å². The Morgan fingerprint density at radius 1 is 0.912 bits per heavy atom. The summed E-state index contributed by atoms with van der Waals surface area (Å²) in [4.78, 5) is 36.3. The molecule has 0 aliphatic heterocycles. The third kappa shape index (κ3) is 6.91. The number of hydrogen-bond acceptors (Lipinski definition) is 5. The molecule has 0 saturated carbocycles. The Morgan fingerprint density at radius 2 is 1.65 bits per heavy atom. The molecule has 0 bridgehead atoms. The van der Waals surface area contributed by atoms with E-state index in [-0.39, 0.29) is 6.61 Å². The normalized spacial score (nSPS) is 10.6. The van der Waals surface area contributed by atoms with Crippen LogP contribution in [0.25, 0.3) is 0 Å². The van der Waals surface area contributed by atoms with Crippen LogP contribution in [0.1, 0.15) is 16.7 Å². The SMILES string of the molecule is Cc1ccc(NC(=O)C(=O)N/N=C\c2ccccc2OCC(=O)Nc2ccccc2Cl)cc1C. The fourth-order valence-electron chi connectivity index (χ4n) is 2.83. The highest BCUT2D eigenvalue weighted by atomic mass is 35.5. The fourth-order valence-corrected chi connectivity index (χ4v) is 3.01. The summed E-state index contributed by atoms with van der Waals surface area (Å²) in [5, 5.41) is 9.43. The number of carbonyl (C=O) groups is 3. The van der Waals surface area contributed by atoms with Gasteiger partial charge in [-0.3, -0.25) is 14.4 Å². The molecule has 0 aromatic heterocycles. The minimum Gasteiger partial charge on any atom is -0.483 e. The Morgan fingerprint density at radius 3 is 2.41 bits per heavy atom. The Hall–Kier alpha value is -4.17. The zero-order valence-corrected chi connectivity index (χ0v) is 19.3. The fraction of sp³-hybridized carbons (Fsp3) is 0.120. The number of anilines is 2. The molecular weight excluding hydrogens is 456 g/mol. The van der Waals surface area contributed by atoms with Crippen molar-refractivity contribution in [2.75, 3.05) is 17.2 Å². The first kappa shape index (κ1) is 24.5. The zero-order chi connectivity index (χ0) is 24.5. The summed E-state index contributed by atoms with van der Waals surface area (Å²) in [6.07, 6.45) is 1.32. The number of aryl methyl sites for hydroxylation is 2. The Kier molecular flexibility index (Phi) is 8.37. The van der Waals surface area contributed by atoms with Crippen molar-refractivity contribution in [2.45, 2.75) is 13.8 Å². The molecule has 3 amide bonds. The van der Waals surface area contributed by atoms with Gasteiger partial charge in [-0.25, -0.2) is 5.43 Å². The maximum atomic E-state index is 12.2. The number of ether oxygens (including phenoxy) is 1. The van der Waals surface area contributed by atoms with Gasteiger partial charge in [-0.1, -0.05) is 41.9 Å². The first-order valence-corrected chi connectivity index (χ1v) is 10.7. The minimum absolute atomic E-state index is 0.263. The molecule has 0 spiro atoms. The summed E-state index contributed by atoms with van der Waals surface area (Å²) in [6.45, 7) is 3.60. The molecule has 0 fully saturated rings. The van der Waals surface area contributed by atoms with Crippen LogP contribution < -0.4 is 20.8 Å². The van der Waals surface area contributed by atoms with E-state index in [1.54, 1.807) is 60.7 Å². The molecule has 3 aromatic rings. The summed E-state index contributed by atoms with van der Waals surface area (Å²) in [5.41, 5.74) is 5.75. The van der Waals surface area contributed by atoms with Gasteiger partial charge in [-0.2, -0.15) is 5.10 Å². The molecule has 174 valence electrons. The molecule has 3 rings (SSSR count). The van der Waals surface area contributed by atoms with Crippen LogP contribution in [-0.2, 0) is 14.4 Å². The van der Waals surface area contributed by atoms with Crippen LogP contribution in [0.2, 0.25) is 5.02 Å². The number of benzene rings is 3. The van der Waals surface area contributed by atoms with Crippen LogP contribution >= 0.6 is 11.6 Å². The smallest absolute Gasteiger partial charge is 0.329 e. The van der Waals surface area contributed by atoms with E-state index in [1.807, 2.05) is 19.9 Å². The van der Waals surface area contributed by atoms with Crippen LogP contribution in [0.15, 0.2) is 71.8 Å². The van der Waals surface area contributed by atoms with Gasteiger partial charge in [0.2, 0.25) is 0 Å². The van der Waals surface area contributed by atoms with E-state index in [9.17, 15) is 14.4 Å². The number of hydrogen-bond donors (Lipinski definition) is 3. The van der Waals surface area contributed by atoms with Gasteiger partial charge in [0.05, 0.1) is 16.9 Å². The first-order valence-electron chi connectivity index (χ1n) is 10.3. The van der Waals surface area contributed by atoms with Crippen molar-refractivity contribution in [3.8, 4) is 5.75 Å². The molecule has 0 saturated heterocycles. The lowest BCUT2D eigenvalue weighted by Gasteiger charge is -2.10. The number of amides is 3. The summed E-state index contributed by atoms with van der Waals surface area (Å²) in [5.74, 6) is -1.79. The second-order valence-corrected chi connectivity index (χ2v) is 7.71. The maximum Gasteiger partial charge on any atom is 0.329 e. The van der Waals surface area contributed by atoms with E-state index in [4.69, 9.17) is 16.3 Å². The monoisotopic (exact) mass is 478 g/mol. The van der Waals surface area contributed by atoms with E-state index in [2.05, 4.69) is 21.2 Å². The van der Waals surface area contributed by atoms with Crippen LogP contribution in [0, 0.1) is 13.8 Å². The average molecular weight is 479 g/mol. The van der Waals surface area contributed by atoms with Gasteiger partial charge in [-0.15, -0.1) is 0 Å². The largest absolute Gasteiger partial charge is 0.483 e. The number of para-hydroxylation sites is 2. The van der Waals surface area contributed by atoms with Crippen molar-refractivity contribution in [3.05, 3.63) is 88.4 Å². The molecule has 0 atom stereocenters. The molecule has 0 unspecified atom stereocenters. The van der Waals surface area contributed by atoms with Crippen molar-refractivity contribution >= 4 is 46.9 Å². The van der Waals surface area contributed by atoms with E-state index >= 15 is 0 Å². The number of rotatable bonds is 7. The lowest BCUT2D eigenvalue weighted by molar-refractivity contribution is -0.136. The van der Waals surface area contributed by atoms with Crippen LogP contribution in [0.5, 0.6) is 5.75 Å². The summed E-state index contributed by atoms with van der Waals surface area (Å²) >= 11 is 6.04. The second-order valence-electron chi connectivity index (χ2n) is 7.31. The molecule has 9 heteroatoms. The van der Waals surface area contributed by atoms with E-state index < -0.39 is 17.7 Å². The van der Waals surface area contributed by atoms with Crippen molar-refractivity contribution in [1.82, 2.24) is 5.43 Å². The molecule has 3 aromatic carbocycles. The number of halogens is 1. The Bertz CT molecular complexity index is 1240. The van der Waals surface area contributed by atoms with Gasteiger partial charge in [0.1, 0.15) is 5.75 Å². The van der Waals surface area contributed by atoms with E-state index in [1.165, 1.54) is 6.21 Å². The predicted octanol–water partition coefficient (Wildman–Crippen LogP) is 4.06. The standard InChI is InChI=1S/C25H23ClN4O4/c1-16-11-12-19(13-17(16)2)28-24(32)25(33)30-27-14-18-7-3-6-10-22(18)34-15-23(31)29-21-9-5-4-8-20(21)26/h3-14H,15H2,1-2H3,(H,28,32)(H,29,31)(H,30,33)/b27-14-. The molecular formula is C25H23ClN4O4. The molecule has 0 aliphatic carbocycles. The van der Waals surface area contributed by atoms with Crippen molar-refractivity contribution < 1.29 is 19.1 Å². The summed E-state index contributed by atoms with van der Waals surface area (Å²) < 4.78 is 5.58. The van der Waals surface area contributed by atoms with E-state index in [0.29, 0.717) is 27.7 Å². The average Bonchev–Trinajstić information content (AvgIpc) is 2.82. The lowest BCUT2D eigenvalue weighted by Crippen LogP contribution is -2.32. The third-order valence-electron chi connectivity index (χ3n) is 4.77. The summed E-state index contributed by atoms with van der Waals surface area (Å²) in [6, 6.07) is 19.0. The van der Waals surface area contributed by atoms with Gasteiger partial charge >= 0.3 is 11.8 Å². The first-order chi connectivity index (χ1) is 16.3.